The molecule has 0 radical (unpaired) electrons. The second kappa shape index (κ2) is 5.97. The van der Waals surface area contributed by atoms with Crippen molar-refractivity contribution in [2.24, 2.45) is 5.73 Å². The fourth-order valence-corrected chi connectivity index (χ4v) is 2.15. The number of phenolic OH excluding ortho intramolecular Hbond substituents is 1. The topological polar surface area (TPSA) is 92.4 Å². The minimum Gasteiger partial charge on any atom is -0.507 e. The summed E-state index contributed by atoms with van der Waals surface area (Å²) in [5, 5.41) is 12.4. The van der Waals surface area contributed by atoms with Crippen LogP contribution in [0.1, 0.15) is 26.3 Å². The summed E-state index contributed by atoms with van der Waals surface area (Å²) < 4.78 is 0.670. The quantitative estimate of drug-likeness (QED) is 0.796. The number of carbonyl (C=O) groups is 2. The van der Waals surface area contributed by atoms with Gasteiger partial charge in [0.25, 0.3) is 5.91 Å². The Morgan fingerprint density at radius 2 is 1.90 bits per heavy atom. The van der Waals surface area contributed by atoms with Crippen molar-refractivity contribution >= 4 is 33.4 Å². The zero-order chi connectivity index (χ0) is 15.6. The van der Waals surface area contributed by atoms with Crippen molar-refractivity contribution in [3.8, 4) is 5.75 Å². The third-order valence-corrected chi connectivity index (χ3v) is 3.47. The van der Waals surface area contributed by atoms with E-state index in [0.717, 1.165) is 5.56 Å². The average molecular weight is 349 g/mol. The minimum atomic E-state index is -0.572. The van der Waals surface area contributed by atoms with E-state index in [1.165, 1.54) is 18.2 Å². The lowest BCUT2D eigenvalue weighted by molar-refractivity contribution is 0.0995. The average Bonchev–Trinajstić information content (AvgIpc) is 2.40. The molecule has 0 atom stereocenters. The van der Waals surface area contributed by atoms with E-state index in [-0.39, 0.29) is 11.3 Å². The lowest BCUT2D eigenvalue weighted by Crippen LogP contribution is -2.15. The molecule has 2 aromatic rings. The second-order valence-corrected chi connectivity index (χ2v) is 5.43. The monoisotopic (exact) mass is 348 g/mol. The minimum absolute atomic E-state index is 0.134. The maximum Gasteiger partial charge on any atom is 0.259 e. The van der Waals surface area contributed by atoms with Crippen molar-refractivity contribution in [3.63, 3.8) is 0 Å². The van der Waals surface area contributed by atoms with E-state index in [0.29, 0.717) is 15.7 Å². The van der Waals surface area contributed by atoms with E-state index in [1.807, 2.05) is 0 Å². The van der Waals surface area contributed by atoms with Crippen LogP contribution in [0.25, 0.3) is 0 Å². The Hall–Kier alpha value is -2.34. The number of nitrogens with one attached hydrogen (secondary N) is 1. The molecule has 0 bridgehead atoms. The van der Waals surface area contributed by atoms with E-state index in [2.05, 4.69) is 21.2 Å². The SMILES string of the molecule is Cc1ccc(C(N)=O)cc1NC(=O)c1ccc(Br)cc1O. The summed E-state index contributed by atoms with van der Waals surface area (Å²) in [5.41, 5.74) is 6.91. The van der Waals surface area contributed by atoms with Gasteiger partial charge in [0.05, 0.1) is 5.56 Å². The van der Waals surface area contributed by atoms with Crippen LogP contribution in [0.3, 0.4) is 0 Å². The van der Waals surface area contributed by atoms with Gasteiger partial charge in [0.2, 0.25) is 5.91 Å². The van der Waals surface area contributed by atoms with Crippen LogP contribution in [0.5, 0.6) is 5.75 Å². The number of rotatable bonds is 3. The number of benzene rings is 2. The number of aromatic hydroxyl groups is 1. The molecule has 0 fully saturated rings. The largest absolute Gasteiger partial charge is 0.507 e. The van der Waals surface area contributed by atoms with Crippen molar-refractivity contribution in [2.75, 3.05) is 5.32 Å². The van der Waals surface area contributed by atoms with Gasteiger partial charge in [0.15, 0.2) is 0 Å². The van der Waals surface area contributed by atoms with Crippen molar-refractivity contribution in [3.05, 3.63) is 57.6 Å². The lowest BCUT2D eigenvalue weighted by atomic mass is 10.1. The van der Waals surface area contributed by atoms with Gasteiger partial charge in [-0.25, -0.2) is 0 Å². The van der Waals surface area contributed by atoms with Gasteiger partial charge >= 0.3 is 0 Å². The third kappa shape index (κ3) is 3.41. The van der Waals surface area contributed by atoms with Gasteiger partial charge in [-0.2, -0.15) is 0 Å². The number of hydrogen-bond donors (Lipinski definition) is 3. The number of aryl methyl sites for hydroxylation is 1. The van der Waals surface area contributed by atoms with Crippen LogP contribution in [0.4, 0.5) is 5.69 Å². The number of anilines is 1. The summed E-state index contributed by atoms with van der Waals surface area (Å²) in [6.07, 6.45) is 0. The molecule has 0 aliphatic rings. The maximum atomic E-state index is 12.2. The highest BCUT2D eigenvalue weighted by molar-refractivity contribution is 9.10. The van der Waals surface area contributed by atoms with Gasteiger partial charge in [0.1, 0.15) is 5.75 Å². The standard InChI is InChI=1S/C15H13BrN2O3/c1-8-2-3-9(14(17)20)6-12(8)18-15(21)11-5-4-10(16)7-13(11)19/h2-7,19H,1H3,(H2,17,20)(H,18,21). The van der Waals surface area contributed by atoms with E-state index in [1.54, 1.807) is 25.1 Å². The molecule has 0 aliphatic heterocycles. The fraction of sp³-hybridized carbons (Fsp3) is 0.0667. The van der Waals surface area contributed by atoms with Gasteiger partial charge in [-0.1, -0.05) is 22.0 Å². The number of phenols is 1. The summed E-state index contributed by atoms with van der Waals surface area (Å²) in [5.74, 6) is -1.17. The highest BCUT2D eigenvalue weighted by Crippen LogP contribution is 2.24. The molecule has 0 aromatic heterocycles. The number of halogens is 1. The summed E-state index contributed by atoms with van der Waals surface area (Å²) in [6.45, 7) is 1.79. The molecular formula is C15H13BrN2O3. The Balaban J connectivity index is 2.31. The molecule has 0 spiro atoms. The molecule has 6 heteroatoms. The smallest absolute Gasteiger partial charge is 0.259 e. The molecular weight excluding hydrogens is 336 g/mol. The lowest BCUT2D eigenvalue weighted by Gasteiger charge is -2.10. The summed E-state index contributed by atoms with van der Waals surface area (Å²) in [4.78, 5) is 23.4. The van der Waals surface area contributed by atoms with Gasteiger partial charge in [-0.3, -0.25) is 9.59 Å². The van der Waals surface area contributed by atoms with Crippen molar-refractivity contribution < 1.29 is 14.7 Å². The molecule has 2 amide bonds. The van der Waals surface area contributed by atoms with E-state index in [4.69, 9.17) is 5.73 Å². The van der Waals surface area contributed by atoms with Crippen LogP contribution >= 0.6 is 15.9 Å². The van der Waals surface area contributed by atoms with Crippen molar-refractivity contribution in [1.29, 1.82) is 0 Å². The van der Waals surface area contributed by atoms with Crippen LogP contribution in [0.2, 0.25) is 0 Å². The molecule has 0 saturated carbocycles. The van der Waals surface area contributed by atoms with Gasteiger partial charge in [0, 0.05) is 15.7 Å². The van der Waals surface area contributed by atoms with Crippen LogP contribution in [0, 0.1) is 6.92 Å². The first-order chi connectivity index (χ1) is 9.88. The highest BCUT2D eigenvalue weighted by atomic mass is 79.9. The van der Waals surface area contributed by atoms with Crippen LogP contribution in [-0.2, 0) is 0 Å². The zero-order valence-electron chi connectivity index (χ0n) is 11.2. The predicted octanol–water partition coefficient (Wildman–Crippen LogP) is 2.81. The Morgan fingerprint density at radius 1 is 1.19 bits per heavy atom. The number of carbonyl (C=O) groups excluding carboxylic acids is 2. The molecule has 2 rings (SSSR count). The normalized spacial score (nSPS) is 10.2. The van der Waals surface area contributed by atoms with E-state index in [9.17, 15) is 14.7 Å². The molecule has 0 saturated heterocycles. The summed E-state index contributed by atoms with van der Waals surface area (Å²) in [7, 11) is 0. The first kappa shape index (κ1) is 15.1. The molecule has 5 nitrogen and oxygen atoms in total. The Bertz CT molecular complexity index is 729. The van der Waals surface area contributed by atoms with Crippen LogP contribution < -0.4 is 11.1 Å². The Labute approximate surface area is 129 Å². The Kier molecular flexibility index (Phi) is 4.28. The number of primary amides is 1. The zero-order valence-corrected chi connectivity index (χ0v) is 12.8. The molecule has 21 heavy (non-hydrogen) atoms. The Morgan fingerprint density at radius 3 is 2.52 bits per heavy atom. The second-order valence-electron chi connectivity index (χ2n) is 4.51. The molecule has 0 heterocycles. The predicted molar refractivity (Wildman–Crippen MR) is 83.5 cm³/mol. The first-order valence-corrected chi connectivity index (χ1v) is 6.88. The van der Waals surface area contributed by atoms with Crippen LogP contribution in [-0.4, -0.2) is 16.9 Å². The maximum absolute atomic E-state index is 12.2. The first-order valence-electron chi connectivity index (χ1n) is 6.09. The number of amides is 2. The van der Waals surface area contributed by atoms with Gasteiger partial charge in [-0.15, -0.1) is 0 Å². The van der Waals surface area contributed by atoms with Gasteiger partial charge < -0.3 is 16.2 Å². The molecule has 4 N–H and O–H groups in total. The molecule has 0 unspecified atom stereocenters. The van der Waals surface area contributed by atoms with Crippen molar-refractivity contribution in [2.45, 2.75) is 6.92 Å². The van der Waals surface area contributed by atoms with E-state index >= 15 is 0 Å². The summed E-state index contributed by atoms with van der Waals surface area (Å²) >= 11 is 3.21. The number of nitrogens with two attached hydrogens (primary N) is 1. The van der Waals surface area contributed by atoms with Crippen LogP contribution in [0.15, 0.2) is 40.9 Å². The molecule has 108 valence electrons. The van der Waals surface area contributed by atoms with Gasteiger partial charge in [-0.05, 0) is 42.8 Å². The fourth-order valence-electron chi connectivity index (χ4n) is 1.80. The van der Waals surface area contributed by atoms with E-state index < -0.39 is 11.8 Å². The number of hydrogen-bond acceptors (Lipinski definition) is 3. The molecule has 2 aromatic carbocycles. The summed E-state index contributed by atoms with van der Waals surface area (Å²) in [6, 6.07) is 9.37. The van der Waals surface area contributed by atoms with Crippen molar-refractivity contribution in [1.82, 2.24) is 0 Å². The molecule has 0 aliphatic carbocycles. The third-order valence-electron chi connectivity index (χ3n) is 2.97. The highest BCUT2D eigenvalue weighted by Gasteiger charge is 2.13.